The van der Waals surface area contributed by atoms with Crippen LogP contribution in [-0.4, -0.2) is 26.0 Å². The van der Waals surface area contributed by atoms with E-state index in [-0.39, 0.29) is 39.7 Å². The van der Waals surface area contributed by atoms with E-state index >= 15 is 0 Å². The first-order valence-electron chi connectivity index (χ1n) is 7.20. The van der Waals surface area contributed by atoms with Gasteiger partial charge in [0.25, 0.3) is 11.8 Å². The Morgan fingerprint density at radius 2 is 2.04 bits per heavy atom. The SMILES string of the molecule is O=C(NCc1noc(-c2ncc(C(F)(F)F)cc2Cl)n1)c1cccnc1Cl. The molecule has 0 saturated heterocycles. The third-order valence-electron chi connectivity index (χ3n) is 3.25. The van der Waals surface area contributed by atoms with Crippen molar-refractivity contribution >= 4 is 29.1 Å². The number of carbonyl (C=O) groups excluding carboxylic acids is 1. The molecule has 0 aromatic carbocycles. The van der Waals surface area contributed by atoms with Crippen LogP contribution >= 0.6 is 23.2 Å². The first-order valence-corrected chi connectivity index (χ1v) is 7.95. The highest BCUT2D eigenvalue weighted by molar-refractivity contribution is 6.33. The minimum absolute atomic E-state index is 0.0320. The maximum atomic E-state index is 12.6. The van der Waals surface area contributed by atoms with Gasteiger partial charge in [-0.15, -0.1) is 0 Å². The Bertz CT molecular complexity index is 994. The van der Waals surface area contributed by atoms with E-state index in [9.17, 15) is 18.0 Å². The van der Waals surface area contributed by atoms with Gasteiger partial charge in [-0.2, -0.15) is 18.2 Å². The van der Waals surface area contributed by atoms with Gasteiger partial charge in [-0.25, -0.2) is 9.97 Å². The lowest BCUT2D eigenvalue weighted by molar-refractivity contribution is -0.137. The van der Waals surface area contributed by atoms with Gasteiger partial charge in [0.2, 0.25) is 0 Å². The molecule has 0 atom stereocenters. The monoisotopic (exact) mass is 417 g/mol. The minimum Gasteiger partial charge on any atom is -0.345 e. The normalized spacial score (nSPS) is 11.4. The highest BCUT2D eigenvalue weighted by atomic mass is 35.5. The number of pyridine rings is 2. The highest BCUT2D eigenvalue weighted by Crippen LogP contribution is 2.33. The zero-order valence-electron chi connectivity index (χ0n) is 13.1. The second kappa shape index (κ2) is 7.49. The molecule has 0 radical (unpaired) electrons. The predicted octanol–water partition coefficient (Wildman–Crippen LogP) is 3.78. The fourth-order valence-corrected chi connectivity index (χ4v) is 2.43. The van der Waals surface area contributed by atoms with Crippen LogP contribution in [0.1, 0.15) is 21.7 Å². The topological polar surface area (TPSA) is 93.8 Å². The molecule has 0 bridgehead atoms. The summed E-state index contributed by atoms with van der Waals surface area (Å²) in [5.41, 5.74) is -0.947. The van der Waals surface area contributed by atoms with Gasteiger partial charge < -0.3 is 9.84 Å². The third-order valence-corrected chi connectivity index (χ3v) is 3.84. The molecule has 27 heavy (non-hydrogen) atoms. The van der Waals surface area contributed by atoms with Crippen molar-refractivity contribution in [2.45, 2.75) is 12.7 Å². The second-order valence-corrected chi connectivity index (χ2v) is 5.86. The van der Waals surface area contributed by atoms with Crippen molar-refractivity contribution in [3.8, 4) is 11.6 Å². The molecule has 7 nitrogen and oxygen atoms in total. The van der Waals surface area contributed by atoms with E-state index in [2.05, 4.69) is 25.4 Å². The lowest BCUT2D eigenvalue weighted by Gasteiger charge is -2.07. The first-order chi connectivity index (χ1) is 12.8. The summed E-state index contributed by atoms with van der Waals surface area (Å²) in [7, 11) is 0. The minimum atomic E-state index is -4.58. The standard InChI is InChI=1S/C15H8Cl2F3N5O2/c16-9-4-7(15(18,19)20)5-22-11(9)14-24-10(25-27-14)6-23-13(26)8-2-1-3-21-12(8)17/h1-5H,6H2,(H,23,26). The van der Waals surface area contributed by atoms with Gasteiger partial charge >= 0.3 is 6.18 Å². The maximum absolute atomic E-state index is 12.6. The first kappa shape index (κ1) is 19.1. The van der Waals surface area contributed by atoms with Crippen molar-refractivity contribution in [2.24, 2.45) is 0 Å². The zero-order chi connectivity index (χ0) is 19.6. The molecule has 1 N–H and O–H groups in total. The summed E-state index contributed by atoms with van der Waals surface area (Å²) in [5.74, 6) is -0.626. The highest BCUT2D eigenvalue weighted by Gasteiger charge is 2.32. The Balaban J connectivity index is 1.72. The number of halogens is 5. The molecule has 0 saturated carbocycles. The molecule has 3 heterocycles. The van der Waals surface area contributed by atoms with E-state index in [4.69, 9.17) is 27.7 Å². The Labute approximate surface area is 159 Å². The van der Waals surface area contributed by atoms with Gasteiger partial charge in [0.05, 0.1) is 22.7 Å². The molecule has 3 aromatic rings. The van der Waals surface area contributed by atoms with Crippen LogP contribution in [0.5, 0.6) is 0 Å². The number of nitrogens with one attached hydrogen (secondary N) is 1. The Kier molecular flexibility index (Phi) is 5.29. The van der Waals surface area contributed by atoms with Crippen LogP contribution in [0, 0.1) is 0 Å². The predicted molar refractivity (Wildman–Crippen MR) is 88.0 cm³/mol. The lowest BCUT2D eigenvalue weighted by atomic mass is 10.2. The van der Waals surface area contributed by atoms with Crippen molar-refractivity contribution in [1.82, 2.24) is 25.4 Å². The Morgan fingerprint density at radius 3 is 2.70 bits per heavy atom. The number of nitrogens with zero attached hydrogens (tertiary/aromatic N) is 4. The molecule has 0 aliphatic rings. The third kappa shape index (κ3) is 4.34. The summed E-state index contributed by atoms with van der Waals surface area (Å²) in [5, 5.41) is 5.87. The molecule has 0 fully saturated rings. The van der Waals surface area contributed by atoms with Crippen LogP contribution in [-0.2, 0) is 12.7 Å². The molecule has 0 aliphatic heterocycles. The molecule has 3 aromatic heterocycles. The molecular formula is C15H8Cl2F3N5O2. The fraction of sp³-hybridized carbons (Fsp3) is 0.133. The van der Waals surface area contributed by atoms with Gasteiger partial charge in [0, 0.05) is 12.4 Å². The van der Waals surface area contributed by atoms with Crippen LogP contribution in [0.3, 0.4) is 0 Å². The summed E-state index contributed by atoms with van der Waals surface area (Å²) in [6, 6.07) is 3.74. The number of hydrogen-bond donors (Lipinski definition) is 1. The molecule has 0 unspecified atom stereocenters. The Hall–Kier alpha value is -2.72. The van der Waals surface area contributed by atoms with Crippen molar-refractivity contribution in [2.75, 3.05) is 0 Å². The van der Waals surface area contributed by atoms with Gasteiger partial charge in [-0.3, -0.25) is 4.79 Å². The van der Waals surface area contributed by atoms with E-state index in [1.54, 1.807) is 6.07 Å². The number of hydrogen-bond acceptors (Lipinski definition) is 6. The number of rotatable bonds is 4. The van der Waals surface area contributed by atoms with Crippen molar-refractivity contribution < 1.29 is 22.5 Å². The van der Waals surface area contributed by atoms with E-state index in [0.717, 1.165) is 0 Å². The van der Waals surface area contributed by atoms with Crippen LogP contribution in [0.25, 0.3) is 11.6 Å². The van der Waals surface area contributed by atoms with E-state index < -0.39 is 17.6 Å². The average molecular weight is 418 g/mol. The second-order valence-electron chi connectivity index (χ2n) is 5.09. The van der Waals surface area contributed by atoms with Gasteiger partial charge in [0.15, 0.2) is 5.82 Å². The summed E-state index contributed by atoms with van der Waals surface area (Å²) < 4.78 is 42.9. The van der Waals surface area contributed by atoms with Crippen LogP contribution in [0.2, 0.25) is 10.2 Å². The van der Waals surface area contributed by atoms with Gasteiger partial charge in [-0.05, 0) is 18.2 Å². The molecule has 12 heteroatoms. The summed E-state index contributed by atoms with van der Waals surface area (Å²) in [6.07, 6.45) is -2.53. The largest absolute Gasteiger partial charge is 0.417 e. The molecule has 1 amide bonds. The van der Waals surface area contributed by atoms with Crippen molar-refractivity contribution in [3.63, 3.8) is 0 Å². The van der Waals surface area contributed by atoms with E-state index in [0.29, 0.717) is 12.3 Å². The molecule has 3 rings (SSSR count). The maximum Gasteiger partial charge on any atom is 0.417 e. The molecule has 0 aliphatic carbocycles. The summed E-state index contributed by atoms with van der Waals surface area (Å²) in [4.78, 5) is 23.4. The average Bonchev–Trinajstić information content (AvgIpc) is 3.08. The summed E-state index contributed by atoms with van der Waals surface area (Å²) in [6.45, 7) is -0.119. The van der Waals surface area contributed by atoms with Crippen LogP contribution < -0.4 is 5.32 Å². The van der Waals surface area contributed by atoms with E-state index in [1.165, 1.54) is 12.3 Å². The van der Waals surface area contributed by atoms with Gasteiger partial charge in [-0.1, -0.05) is 28.4 Å². The molecular weight excluding hydrogens is 410 g/mol. The fourth-order valence-electron chi connectivity index (χ4n) is 1.98. The number of amides is 1. The number of carbonyl (C=O) groups is 1. The lowest BCUT2D eigenvalue weighted by Crippen LogP contribution is -2.23. The van der Waals surface area contributed by atoms with E-state index in [1.807, 2.05) is 0 Å². The van der Waals surface area contributed by atoms with Crippen molar-refractivity contribution in [1.29, 1.82) is 0 Å². The van der Waals surface area contributed by atoms with Crippen LogP contribution in [0.4, 0.5) is 13.2 Å². The molecule has 0 spiro atoms. The smallest absolute Gasteiger partial charge is 0.345 e. The number of alkyl halides is 3. The zero-order valence-corrected chi connectivity index (χ0v) is 14.6. The van der Waals surface area contributed by atoms with Crippen LogP contribution in [0.15, 0.2) is 35.1 Å². The Morgan fingerprint density at radius 1 is 1.26 bits per heavy atom. The quantitative estimate of drug-likeness (QED) is 0.649. The summed E-state index contributed by atoms with van der Waals surface area (Å²) >= 11 is 11.6. The number of aromatic nitrogens is 4. The van der Waals surface area contributed by atoms with Crippen molar-refractivity contribution in [3.05, 3.63) is 57.7 Å². The van der Waals surface area contributed by atoms with Gasteiger partial charge in [0.1, 0.15) is 10.8 Å². The molecule has 140 valence electrons.